The molecule has 0 spiro atoms. The van der Waals surface area contributed by atoms with E-state index in [-0.39, 0.29) is 5.41 Å². The fourth-order valence-electron chi connectivity index (χ4n) is 2.58. The van der Waals surface area contributed by atoms with Crippen molar-refractivity contribution in [2.45, 2.75) is 46.0 Å². The van der Waals surface area contributed by atoms with Crippen LogP contribution in [0.1, 0.15) is 46.0 Å². The number of rotatable bonds is 6. The van der Waals surface area contributed by atoms with E-state index < -0.39 is 0 Å². The van der Waals surface area contributed by atoms with Gasteiger partial charge in [0.05, 0.1) is 0 Å². The van der Waals surface area contributed by atoms with Gasteiger partial charge in [0, 0.05) is 6.54 Å². The average Bonchev–Trinajstić information content (AvgIpc) is 2.66. The SMILES string of the molecule is CN(CCC1CCCC1)CC(C)(C)CN. The van der Waals surface area contributed by atoms with Gasteiger partial charge in [-0.25, -0.2) is 0 Å². The van der Waals surface area contributed by atoms with Crippen LogP contribution in [-0.2, 0) is 0 Å². The summed E-state index contributed by atoms with van der Waals surface area (Å²) in [5.41, 5.74) is 6.01. The second-order valence-corrected chi connectivity index (χ2v) is 6.05. The summed E-state index contributed by atoms with van der Waals surface area (Å²) >= 11 is 0. The van der Waals surface area contributed by atoms with Crippen molar-refractivity contribution in [3.05, 3.63) is 0 Å². The van der Waals surface area contributed by atoms with Gasteiger partial charge < -0.3 is 10.6 Å². The molecule has 1 aliphatic rings. The van der Waals surface area contributed by atoms with E-state index in [1.165, 1.54) is 38.6 Å². The summed E-state index contributed by atoms with van der Waals surface area (Å²) in [6.07, 6.45) is 7.24. The zero-order valence-electron chi connectivity index (χ0n) is 10.8. The van der Waals surface area contributed by atoms with E-state index in [0.717, 1.165) is 19.0 Å². The normalized spacial score (nSPS) is 19.0. The van der Waals surface area contributed by atoms with Crippen LogP contribution in [-0.4, -0.2) is 31.6 Å². The highest BCUT2D eigenvalue weighted by molar-refractivity contribution is 4.74. The maximum absolute atomic E-state index is 5.75. The summed E-state index contributed by atoms with van der Waals surface area (Å²) in [6, 6.07) is 0. The molecule has 1 rings (SSSR count). The minimum Gasteiger partial charge on any atom is -0.330 e. The van der Waals surface area contributed by atoms with Gasteiger partial charge in [-0.05, 0) is 37.9 Å². The molecule has 0 heterocycles. The lowest BCUT2D eigenvalue weighted by Crippen LogP contribution is -2.37. The zero-order valence-corrected chi connectivity index (χ0v) is 10.8. The Balaban J connectivity index is 2.15. The van der Waals surface area contributed by atoms with Crippen LogP contribution >= 0.6 is 0 Å². The first kappa shape index (κ1) is 13.0. The van der Waals surface area contributed by atoms with Crippen molar-refractivity contribution in [1.82, 2.24) is 4.90 Å². The molecular weight excluding hydrogens is 184 g/mol. The van der Waals surface area contributed by atoms with E-state index >= 15 is 0 Å². The summed E-state index contributed by atoms with van der Waals surface area (Å²) < 4.78 is 0. The Bertz CT molecular complexity index is 171. The second-order valence-electron chi connectivity index (χ2n) is 6.05. The molecule has 0 aromatic carbocycles. The minimum atomic E-state index is 0.268. The third kappa shape index (κ3) is 4.98. The largest absolute Gasteiger partial charge is 0.330 e. The molecule has 15 heavy (non-hydrogen) atoms. The van der Waals surface area contributed by atoms with Crippen molar-refractivity contribution in [2.24, 2.45) is 17.1 Å². The van der Waals surface area contributed by atoms with Crippen LogP contribution in [0.2, 0.25) is 0 Å². The topological polar surface area (TPSA) is 29.3 Å². The predicted octanol–water partition coefficient (Wildman–Crippen LogP) is 2.48. The Kier molecular flexibility index (Phi) is 5.07. The molecule has 0 radical (unpaired) electrons. The summed E-state index contributed by atoms with van der Waals surface area (Å²) in [7, 11) is 2.23. The molecule has 0 saturated heterocycles. The predicted molar refractivity (Wildman–Crippen MR) is 66.9 cm³/mol. The Morgan fingerprint density at radius 3 is 2.40 bits per heavy atom. The Morgan fingerprint density at radius 2 is 1.87 bits per heavy atom. The molecule has 0 aromatic rings. The van der Waals surface area contributed by atoms with Crippen molar-refractivity contribution in [3.8, 4) is 0 Å². The second kappa shape index (κ2) is 5.86. The first-order valence-electron chi connectivity index (χ1n) is 6.42. The summed E-state index contributed by atoms with van der Waals surface area (Å²) in [5, 5.41) is 0. The van der Waals surface area contributed by atoms with Crippen molar-refractivity contribution >= 4 is 0 Å². The Labute approximate surface area is 95.2 Å². The fourth-order valence-corrected chi connectivity index (χ4v) is 2.58. The van der Waals surface area contributed by atoms with Crippen LogP contribution in [0.5, 0.6) is 0 Å². The Hall–Kier alpha value is -0.0800. The zero-order chi connectivity index (χ0) is 11.3. The number of hydrogen-bond donors (Lipinski definition) is 1. The molecule has 0 bridgehead atoms. The van der Waals surface area contributed by atoms with Crippen molar-refractivity contribution in [1.29, 1.82) is 0 Å². The van der Waals surface area contributed by atoms with Crippen LogP contribution in [0.3, 0.4) is 0 Å². The van der Waals surface area contributed by atoms with E-state index in [1.54, 1.807) is 0 Å². The average molecular weight is 212 g/mol. The molecular formula is C13H28N2. The van der Waals surface area contributed by atoms with Crippen LogP contribution < -0.4 is 5.73 Å². The van der Waals surface area contributed by atoms with Gasteiger partial charge in [-0.1, -0.05) is 39.5 Å². The summed E-state index contributed by atoms with van der Waals surface area (Å²) in [6.45, 7) is 7.64. The molecule has 1 saturated carbocycles. The third-order valence-electron chi connectivity index (χ3n) is 3.64. The summed E-state index contributed by atoms with van der Waals surface area (Å²) in [4.78, 5) is 2.45. The molecule has 90 valence electrons. The molecule has 2 nitrogen and oxygen atoms in total. The Morgan fingerprint density at radius 1 is 1.27 bits per heavy atom. The van der Waals surface area contributed by atoms with E-state index in [4.69, 9.17) is 5.73 Å². The highest BCUT2D eigenvalue weighted by Gasteiger charge is 2.19. The van der Waals surface area contributed by atoms with Crippen LogP contribution in [0, 0.1) is 11.3 Å². The first-order chi connectivity index (χ1) is 7.03. The van der Waals surface area contributed by atoms with Crippen LogP contribution in [0.25, 0.3) is 0 Å². The molecule has 0 atom stereocenters. The number of hydrogen-bond acceptors (Lipinski definition) is 2. The van der Waals surface area contributed by atoms with Gasteiger partial charge in [0.25, 0.3) is 0 Å². The van der Waals surface area contributed by atoms with Crippen molar-refractivity contribution in [3.63, 3.8) is 0 Å². The lowest BCUT2D eigenvalue weighted by atomic mass is 9.93. The van der Waals surface area contributed by atoms with E-state index in [2.05, 4.69) is 25.8 Å². The van der Waals surface area contributed by atoms with Gasteiger partial charge in [-0.3, -0.25) is 0 Å². The molecule has 1 aliphatic carbocycles. The quantitative estimate of drug-likeness (QED) is 0.733. The molecule has 0 amide bonds. The fraction of sp³-hybridized carbons (Fsp3) is 1.00. The molecule has 1 fully saturated rings. The van der Waals surface area contributed by atoms with Crippen molar-refractivity contribution < 1.29 is 0 Å². The van der Waals surface area contributed by atoms with Gasteiger partial charge in [-0.15, -0.1) is 0 Å². The van der Waals surface area contributed by atoms with E-state index in [9.17, 15) is 0 Å². The molecule has 2 N–H and O–H groups in total. The highest BCUT2D eigenvalue weighted by Crippen LogP contribution is 2.27. The molecule has 0 unspecified atom stereocenters. The van der Waals surface area contributed by atoms with Gasteiger partial charge >= 0.3 is 0 Å². The first-order valence-corrected chi connectivity index (χ1v) is 6.42. The number of nitrogens with two attached hydrogens (primary N) is 1. The standard InChI is InChI=1S/C13H28N2/c1-13(2,10-14)11-15(3)9-8-12-6-4-5-7-12/h12H,4-11,14H2,1-3H3. The lowest BCUT2D eigenvalue weighted by Gasteiger charge is -2.29. The number of nitrogens with zero attached hydrogens (tertiary/aromatic N) is 1. The third-order valence-corrected chi connectivity index (χ3v) is 3.64. The van der Waals surface area contributed by atoms with Crippen LogP contribution in [0.4, 0.5) is 0 Å². The summed E-state index contributed by atoms with van der Waals surface area (Å²) in [5.74, 6) is 1.01. The van der Waals surface area contributed by atoms with Gasteiger partial charge in [-0.2, -0.15) is 0 Å². The highest BCUT2D eigenvalue weighted by atomic mass is 15.1. The minimum absolute atomic E-state index is 0.268. The van der Waals surface area contributed by atoms with E-state index in [0.29, 0.717) is 0 Å². The molecule has 0 aliphatic heterocycles. The monoisotopic (exact) mass is 212 g/mol. The molecule has 2 heteroatoms. The lowest BCUT2D eigenvalue weighted by molar-refractivity contribution is 0.205. The van der Waals surface area contributed by atoms with Gasteiger partial charge in [0.15, 0.2) is 0 Å². The van der Waals surface area contributed by atoms with Crippen molar-refractivity contribution in [2.75, 3.05) is 26.7 Å². The smallest absolute Gasteiger partial charge is 0.00417 e. The molecule has 0 aromatic heterocycles. The van der Waals surface area contributed by atoms with Gasteiger partial charge in [0.1, 0.15) is 0 Å². The maximum atomic E-state index is 5.75. The maximum Gasteiger partial charge on any atom is 0.00417 e. The van der Waals surface area contributed by atoms with Crippen LogP contribution in [0.15, 0.2) is 0 Å². The van der Waals surface area contributed by atoms with Gasteiger partial charge in [0.2, 0.25) is 0 Å². The van der Waals surface area contributed by atoms with E-state index in [1.807, 2.05) is 0 Å².